The van der Waals surface area contributed by atoms with E-state index >= 15 is 0 Å². The fraction of sp³-hybridized carbons (Fsp3) is 0. The summed E-state index contributed by atoms with van der Waals surface area (Å²) in [5.41, 5.74) is 17.8. The molecule has 3 nitrogen and oxygen atoms in total. The highest BCUT2D eigenvalue weighted by Gasteiger charge is 2.24. The molecule has 0 aliphatic rings. The number of para-hydroxylation sites is 3. The van der Waals surface area contributed by atoms with Crippen LogP contribution in [0.5, 0.6) is 0 Å². The molecule has 294 valence electrons. The standard InChI is InChI=1S/C60H39N3/c1-4-15-40(16-5-1)42-29-34-46(35-30-42)61(56-27-14-28-57-59(56)51-24-12-23-50-49-21-10-11-25-53(49)63(57)60(50)51)47-36-31-43(32-37-47)48-22-13-26-55-58(48)52-39-44(41-17-6-2-7-18-41)33-38-54(52)62(55)45-19-8-3-9-20-45/h1-39H. The van der Waals surface area contributed by atoms with Crippen LogP contribution in [0.1, 0.15) is 0 Å². The number of anilines is 3. The minimum Gasteiger partial charge on any atom is -0.310 e. The summed E-state index contributed by atoms with van der Waals surface area (Å²) in [6.07, 6.45) is 0. The van der Waals surface area contributed by atoms with Crippen molar-refractivity contribution in [2.45, 2.75) is 0 Å². The minimum absolute atomic E-state index is 1.10. The van der Waals surface area contributed by atoms with Gasteiger partial charge in [0.25, 0.3) is 0 Å². The van der Waals surface area contributed by atoms with Crippen molar-refractivity contribution in [1.29, 1.82) is 0 Å². The molecule has 10 aromatic carbocycles. The fourth-order valence-corrected chi connectivity index (χ4v) is 10.3. The van der Waals surface area contributed by atoms with Crippen LogP contribution in [0.15, 0.2) is 237 Å². The summed E-state index contributed by atoms with van der Waals surface area (Å²) in [4.78, 5) is 2.44. The molecule has 0 N–H and O–H groups in total. The molecular formula is C60H39N3. The molecule has 0 fully saturated rings. The average molecular weight is 802 g/mol. The maximum atomic E-state index is 2.47. The van der Waals surface area contributed by atoms with E-state index in [1.54, 1.807) is 0 Å². The molecule has 0 spiro atoms. The molecule has 3 heterocycles. The lowest BCUT2D eigenvalue weighted by Crippen LogP contribution is -2.10. The highest BCUT2D eigenvalue weighted by atomic mass is 15.1. The van der Waals surface area contributed by atoms with Crippen LogP contribution in [0.25, 0.3) is 99.0 Å². The normalized spacial score (nSPS) is 11.8. The van der Waals surface area contributed by atoms with Gasteiger partial charge in [0.05, 0.1) is 33.3 Å². The zero-order valence-electron chi connectivity index (χ0n) is 34.4. The van der Waals surface area contributed by atoms with Gasteiger partial charge in [0.15, 0.2) is 0 Å². The van der Waals surface area contributed by atoms with E-state index in [1.165, 1.54) is 93.3 Å². The summed E-state index contributed by atoms with van der Waals surface area (Å²) in [5, 5.41) is 7.55. The molecule has 13 aromatic rings. The van der Waals surface area contributed by atoms with Crippen LogP contribution in [-0.4, -0.2) is 8.97 Å². The van der Waals surface area contributed by atoms with E-state index < -0.39 is 0 Å². The molecule has 0 unspecified atom stereocenters. The first-order valence-electron chi connectivity index (χ1n) is 21.7. The number of fused-ring (bicyclic) bond motifs is 9. The van der Waals surface area contributed by atoms with Crippen LogP contribution in [0.3, 0.4) is 0 Å². The van der Waals surface area contributed by atoms with Crippen molar-refractivity contribution in [2.75, 3.05) is 4.90 Å². The van der Waals surface area contributed by atoms with Crippen LogP contribution < -0.4 is 4.90 Å². The van der Waals surface area contributed by atoms with E-state index in [9.17, 15) is 0 Å². The van der Waals surface area contributed by atoms with Crippen molar-refractivity contribution in [2.24, 2.45) is 0 Å². The lowest BCUT2D eigenvalue weighted by molar-refractivity contribution is 1.18. The van der Waals surface area contributed by atoms with Crippen molar-refractivity contribution < 1.29 is 0 Å². The first kappa shape index (κ1) is 35.4. The van der Waals surface area contributed by atoms with Gasteiger partial charge in [-0.2, -0.15) is 0 Å². The van der Waals surface area contributed by atoms with Gasteiger partial charge in [-0.25, -0.2) is 0 Å². The maximum absolute atomic E-state index is 2.47. The number of hydrogen-bond acceptors (Lipinski definition) is 1. The van der Waals surface area contributed by atoms with Gasteiger partial charge < -0.3 is 13.9 Å². The molecule has 0 saturated carbocycles. The third-order valence-electron chi connectivity index (χ3n) is 13.0. The van der Waals surface area contributed by atoms with Gasteiger partial charge in [0, 0.05) is 49.4 Å². The quantitative estimate of drug-likeness (QED) is 0.156. The Hall–Kier alpha value is -8.40. The Balaban J connectivity index is 1.01. The highest BCUT2D eigenvalue weighted by Crippen LogP contribution is 2.47. The number of aromatic nitrogens is 2. The first-order chi connectivity index (χ1) is 31.3. The Morgan fingerprint density at radius 2 is 0.841 bits per heavy atom. The molecule has 0 amide bonds. The molecule has 0 radical (unpaired) electrons. The highest BCUT2D eigenvalue weighted by molar-refractivity contribution is 6.26. The molecule has 0 bridgehead atoms. The van der Waals surface area contributed by atoms with Crippen LogP contribution in [0.2, 0.25) is 0 Å². The van der Waals surface area contributed by atoms with Crippen molar-refractivity contribution in [1.82, 2.24) is 8.97 Å². The second-order valence-electron chi connectivity index (χ2n) is 16.5. The maximum Gasteiger partial charge on any atom is 0.0621 e. The second-order valence-corrected chi connectivity index (χ2v) is 16.5. The smallest absolute Gasteiger partial charge is 0.0621 e. The summed E-state index contributed by atoms with van der Waals surface area (Å²) >= 11 is 0. The topological polar surface area (TPSA) is 12.6 Å². The molecule has 0 saturated heterocycles. The lowest BCUT2D eigenvalue weighted by Gasteiger charge is -2.27. The zero-order chi connectivity index (χ0) is 41.4. The van der Waals surface area contributed by atoms with E-state index in [0.29, 0.717) is 0 Å². The van der Waals surface area contributed by atoms with Crippen molar-refractivity contribution >= 4 is 77.0 Å². The van der Waals surface area contributed by atoms with Gasteiger partial charge in [-0.3, -0.25) is 0 Å². The van der Waals surface area contributed by atoms with Gasteiger partial charge >= 0.3 is 0 Å². The molecule has 0 aliphatic heterocycles. The fourth-order valence-electron chi connectivity index (χ4n) is 10.3. The number of rotatable bonds is 7. The summed E-state index contributed by atoms with van der Waals surface area (Å²) in [5.74, 6) is 0. The molecule has 3 aromatic heterocycles. The molecule has 3 heteroatoms. The van der Waals surface area contributed by atoms with Gasteiger partial charge in [-0.15, -0.1) is 0 Å². The number of hydrogen-bond donors (Lipinski definition) is 0. The first-order valence-corrected chi connectivity index (χ1v) is 21.7. The van der Waals surface area contributed by atoms with Crippen molar-refractivity contribution in [3.8, 4) is 39.1 Å². The van der Waals surface area contributed by atoms with Gasteiger partial charge in [0.1, 0.15) is 0 Å². The van der Waals surface area contributed by atoms with Crippen LogP contribution >= 0.6 is 0 Å². The van der Waals surface area contributed by atoms with Crippen molar-refractivity contribution in [3.05, 3.63) is 237 Å². The van der Waals surface area contributed by atoms with Crippen LogP contribution in [-0.2, 0) is 0 Å². The Bertz CT molecular complexity index is 3810. The van der Waals surface area contributed by atoms with Gasteiger partial charge in [-0.05, 0) is 106 Å². The third kappa shape index (κ3) is 5.46. The lowest BCUT2D eigenvalue weighted by atomic mass is 9.97. The molecule has 13 rings (SSSR count). The summed E-state index contributed by atoms with van der Waals surface area (Å²) < 4.78 is 4.88. The monoisotopic (exact) mass is 801 g/mol. The summed E-state index contributed by atoms with van der Waals surface area (Å²) in [6.45, 7) is 0. The summed E-state index contributed by atoms with van der Waals surface area (Å²) in [7, 11) is 0. The molecule has 0 aliphatic carbocycles. The van der Waals surface area contributed by atoms with Crippen LogP contribution in [0, 0.1) is 0 Å². The predicted octanol–water partition coefficient (Wildman–Crippen LogP) is 16.4. The largest absolute Gasteiger partial charge is 0.310 e. The number of nitrogens with zero attached hydrogens (tertiary/aromatic N) is 3. The average Bonchev–Trinajstić information content (AvgIpc) is 4.01. The Kier molecular flexibility index (Phi) is 7.91. The third-order valence-corrected chi connectivity index (χ3v) is 13.0. The van der Waals surface area contributed by atoms with E-state index in [2.05, 4.69) is 250 Å². The minimum atomic E-state index is 1.10. The molecular weight excluding hydrogens is 763 g/mol. The Morgan fingerprint density at radius 1 is 0.302 bits per heavy atom. The van der Waals surface area contributed by atoms with E-state index in [-0.39, 0.29) is 0 Å². The Morgan fingerprint density at radius 3 is 1.59 bits per heavy atom. The van der Waals surface area contributed by atoms with Gasteiger partial charge in [-0.1, -0.05) is 164 Å². The summed E-state index contributed by atoms with van der Waals surface area (Å²) in [6, 6.07) is 86.3. The number of benzene rings is 10. The van der Waals surface area contributed by atoms with Crippen LogP contribution in [0.4, 0.5) is 17.1 Å². The SMILES string of the molecule is c1ccc(-c2ccc(N(c3ccc(-c4cccc5c4c4cc(-c6ccccc6)ccc4n5-c4ccccc4)cc3)c3cccc4c3c3cccc5c6ccccc6n4c53)cc2)cc1. The zero-order valence-corrected chi connectivity index (χ0v) is 34.4. The van der Waals surface area contributed by atoms with Gasteiger partial charge in [0.2, 0.25) is 0 Å². The van der Waals surface area contributed by atoms with E-state index in [1.807, 2.05) is 0 Å². The Labute approximate surface area is 364 Å². The van der Waals surface area contributed by atoms with E-state index in [0.717, 1.165) is 22.7 Å². The molecule has 63 heavy (non-hydrogen) atoms. The van der Waals surface area contributed by atoms with Crippen molar-refractivity contribution in [3.63, 3.8) is 0 Å². The van der Waals surface area contributed by atoms with E-state index in [4.69, 9.17) is 0 Å². The predicted molar refractivity (Wildman–Crippen MR) is 266 cm³/mol. The second kappa shape index (κ2) is 14.1. The molecule has 0 atom stereocenters.